The normalized spacial score (nSPS) is 18.0. The number of halogens is 1. The molecule has 3 rings (SSSR count). The molecule has 2 N–H and O–H groups in total. The smallest absolute Gasteiger partial charge is 0.255 e. The molecule has 0 aromatic heterocycles. The van der Waals surface area contributed by atoms with Crippen LogP contribution in [-0.2, 0) is 0 Å². The number of fused-ring (bicyclic) bond motifs is 1. The topological polar surface area (TPSA) is 59.6 Å². The Hall–Kier alpha value is -1.46. The Labute approximate surface area is 124 Å². The Morgan fingerprint density at radius 2 is 1.95 bits per heavy atom. The Morgan fingerprint density at radius 3 is 2.75 bits per heavy atom. The monoisotopic (exact) mass is 298 g/mol. The number of benzene rings is 1. The first-order chi connectivity index (χ1) is 9.34. The largest absolute Gasteiger partial charge is 0.486 e. The molecule has 1 saturated heterocycles. The summed E-state index contributed by atoms with van der Waals surface area (Å²) < 4.78 is 11.1. The van der Waals surface area contributed by atoms with E-state index in [-0.39, 0.29) is 24.4 Å². The third-order valence-electron chi connectivity index (χ3n) is 3.49. The lowest BCUT2D eigenvalue weighted by Crippen LogP contribution is -2.42. The highest BCUT2D eigenvalue weighted by Gasteiger charge is 2.22. The van der Waals surface area contributed by atoms with Gasteiger partial charge in [-0.05, 0) is 38.1 Å². The van der Waals surface area contributed by atoms with Crippen LogP contribution in [0.25, 0.3) is 0 Å². The van der Waals surface area contributed by atoms with Gasteiger partial charge in [-0.3, -0.25) is 4.79 Å². The number of para-hydroxylation sites is 1. The third kappa shape index (κ3) is 3.16. The highest BCUT2D eigenvalue weighted by molar-refractivity contribution is 5.98. The molecular weight excluding hydrogens is 280 g/mol. The number of amides is 1. The lowest BCUT2D eigenvalue weighted by atomic mass is 10.1. The second-order valence-electron chi connectivity index (χ2n) is 4.83. The Bertz CT molecular complexity index is 475. The summed E-state index contributed by atoms with van der Waals surface area (Å²) in [6.45, 7) is 2.94. The van der Waals surface area contributed by atoms with E-state index in [9.17, 15) is 4.79 Å². The number of ether oxygens (including phenoxy) is 2. The van der Waals surface area contributed by atoms with E-state index in [1.54, 1.807) is 6.07 Å². The summed E-state index contributed by atoms with van der Waals surface area (Å²) in [5.74, 6) is 1.15. The summed E-state index contributed by atoms with van der Waals surface area (Å²) in [6.07, 6.45) is 1.94. The van der Waals surface area contributed by atoms with E-state index in [1.165, 1.54) is 0 Å². The first kappa shape index (κ1) is 14.9. The molecule has 6 heteroatoms. The highest BCUT2D eigenvalue weighted by Crippen LogP contribution is 2.33. The van der Waals surface area contributed by atoms with E-state index in [2.05, 4.69) is 10.6 Å². The lowest BCUT2D eigenvalue weighted by molar-refractivity contribution is 0.0918. The number of carbonyl (C=O) groups excluding carboxylic acids is 1. The van der Waals surface area contributed by atoms with Crippen molar-refractivity contribution >= 4 is 18.3 Å². The van der Waals surface area contributed by atoms with Crippen molar-refractivity contribution in [2.24, 2.45) is 0 Å². The van der Waals surface area contributed by atoms with Crippen LogP contribution < -0.4 is 20.1 Å². The number of hydrogen-bond donors (Lipinski definition) is 2. The summed E-state index contributed by atoms with van der Waals surface area (Å²) in [5, 5.41) is 6.35. The fraction of sp³-hybridized carbons (Fsp3) is 0.500. The van der Waals surface area contributed by atoms with Gasteiger partial charge in [-0.25, -0.2) is 0 Å². The summed E-state index contributed by atoms with van der Waals surface area (Å²) in [5.41, 5.74) is 0.565. The Balaban J connectivity index is 0.00000147. The molecule has 0 spiro atoms. The lowest BCUT2D eigenvalue weighted by Gasteiger charge is -2.25. The molecule has 0 saturated carbocycles. The molecule has 2 aliphatic rings. The predicted molar refractivity (Wildman–Crippen MR) is 78.0 cm³/mol. The van der Waals surface area contributed by atoms with Gasteiger partial charge < -0.3 is 20.1 Å². The molecule has 110 valence electrons. The molecule has 0 bridgehead atoms. The summed E-state index contributed by atoms with van der Waals surface area (Å²) >= 11 is 0. The van der Waals surface area contributed by atoms with Crippen LogP contribution in [0.4, 0.5) is 0 Å². The summed E-state index contributed by atoms with van der Waals surface area (Å²) in [6, 6.07) is 5.68. The van der Waals surface area contributed by atoms with Gasteiger partial charge in [0.1, 0.15) is 13.2 Å². The van der Waals surface area contributed by atoms with Crippen molar-refractivity contribution in [1.29, 1.82) is 0 Å². The van der Waals surface area contributed by atoms with Gasteiger partial charge in [0, 0.05) is 6.04 Å². The van der Waals surface area contributed by atoms with Gasteiger partial charge in [-0.1, -0.05) is 6.07 Å². The van der Waals surface area contributed by atoms with Crippen LogP contribution in [0.5, 0.6) is 11.5 Å². The van der Waals surface area contributed by atoms with Gasteiger partial charge in [-0.15, -0.1) is 12.4 Å². The molecule has 0 aliphatic carbocycles. The van der Waals surface area contributed by atoms with Crippen molar-refractivity contribution in [3.8, 4) is 11.5 Å². The van der Waals surface area contributed by atoms with Crippen molar-refractivity contribution < 1.29 is 14.3 Å². The van der Waals surface area contributed by atoms with Gasteiger partial charge in [0.25, 0.3) is 5.91 Å². The van der Waals surface area contributed by atoms with Crippen molar-refractivity contribution in [3.63, 3.8) is 0 Å². The first-order valence-electron chi connectivity index (χ1n) is 6.75. The molecule has 2 aliphatic heterocycles. The van der Waals surface area contributed by atoms with Crippen molar-refractivity contribution in [3.05, 3.63) is 23.8 Å². The van der Waals surface area contributed by atoms with Crippen LogP contribution in [-0.4, -0.2) is 38.3 Å². The summed E-state index contributed by atoms with van der Waals surface area (Å²) in [7, 11) is 0. The average molecular weight is 299 g/mol. The zero-order valence-electron chi connectivity index (χ0n) is 11.2. The molecule has 0 unspecified atom stereocenters. The number of carbonyl (C=O) groups is 1. The minimum atomic E-state index is -0.0748. The Morgan fingerprint density at radius 1 is 1.20 bits per heavy atom. The number of rotatable bonds is 2. The van der Waals surface area contributed by atoms with Gasteiger partial charge >= 0.3 is 0 Å². The maximum atomic E-state index is 12.3. The van der Waals surface area contributed by atoms with Crippen LogP contribution in [0.15, 0.2) is 18.2 Å². The maximum Gasteiger partial charge on any atom is 0.255 e. The second kappa shape index (κ2) is 6.81. The van der Waals surface area contributed by atoms with Gasteiger partial charge in [0.2, 0.25) is 0 Å². The van der Waals surface area contributed by atoms with E-state index in [1.807, 2.05) is 12.1 Å². The van der Waals surface area contributed by atoms with E-state index in [4.69, 9.17) is 9.47 Å². The van der Waals surface area contributed by atoms with Crippen LogP contribution in [0.1, 0.15) is 23.2 Å². The molecule has 0 atom stereocenters. The van der Waals surface area contributed by atoms with Crippen LogP contribution in [0.2, 0.25) is 0 Å². The minimum Gasteiger partial charge on any atom is -0.486 e. The molecule has 1 fully saturated rings. The molecule has 5 nitrogen and oxygen atoms in total. The fourth-order valence-corrected chi connectivity index (χ4v) is 2.48. The van der Waals surface area contributed by atoms with Gasteiger partial charge in [0.05, 0.1) is 5.56 Å². The second-order valence-corrected chi connectivity index (χ2v) is 4.83. The highest BCUT2D eigenvalue weighted by atomic mass is 35.5. The molecule has 1 aromatic carbocycles. The summed E-state index contributed by atoms with van der Waals surface area (Å²) in [4.78, 5) is 12.3. The minimum absolute atomic E-state index is 0. The van der Waals surface area contributed by atoms with E-state index >= 15 is 0 Å². The number of nitrogens with one attached hydrogen (secondary N) is 2. The molecule has 1 aromatic rings. The molecule has 0 radical (unpaired) electrons. The zero-order valence-corrected chi connectivity index (χ0v) is 12.0. The van der Waals surface area contributed by atoms with E-state index in [0.29, 0.717) is 30.3 Å². The standard InChI is InChI=1S/C14H18N2O3.ClH/c17-14(16-10-4-6-15-7-5-10)11-2-1-3-12-13(11)19-9-8-18-12;/h1-3,10,15H,4-9H2,(H,16,17);1H. The van der Waals surface area contributed by atoms with Crippen molar-refractivity contribution in [1.82, 2.24) is 10.6 Å². The van der Waals surface area contributed by atoms with Crippen LogP contribution in [0.3, 0.4) is 0 Å². The van der Waals surface area contributed by atoms with E-state index < -0.39 is 0 Å². The first-order valence-corrected chi connectivity index (χ1v) is 6.75. The van der Waals surface area contributed by atoms with Gasteiger partial charge in [-0.2, -0.15) is 0 Å². The molecular formula is C14H19ClN2O3. The van der Waals surface area contributed by atoms with Crippen LogP contribution >= 0.6 is 12.4 Å². The average Bonchev–Trinajstić information content (AvgIpc) is 2.47. The maximum absolute atomic E-state index is 12.3. The molecule has 2 heterocycles. The molecule has 20 heavy (non-hydrogen) atoms. The number of hydrogen-bond acceptors (Lipinski definition) is 4. The SMILES string of the molecule is Cl.O=C(NC1CCNCC1)c1cccc2c1OCCO2. The Kier molecular flexibility index (Phi) is 5.09. The van der Waals surface area contributed by atoms with E-state index in [0.717, 1.165) is 25.9 Å². The quantitative estimate of drug-likeness (QED) is 0.865. The van der Waals surface area contributed by atoms with Crippen molar-refractivity contribution in [2.75, 3.05) is 26.3 Å². The zero-order chi connectivity index (χ0) is 13.1. The fourth-order valence-electron chi connectivity index (χ4n) is 2.48. The van der Waals surface area contributed by atoms with Gasteiger partial charge in [0.15, 0.2) is 11.5 Å². The third-order valence-corrected chi connectivity index (χ3v) is 3.49. The predicted octanol–water partition coefficient (Wildman–Crippen LogP) is 1.36. The number of piperidine rings is 1. The van der Waals surface area contributed by atoms with Crippen LogP contribution in [0, 0.1) is 0 Å². The van der Waals surface area contributed by atoms with Crippen molar-refractivity contribution in [2.45, 2.75) is 18.9 Å². The molecule has 1 amide bonds.